The molecule has 0 aliphatic rings. The Morgan fingerprint density at radius 3 is 2.31 bits per heavy atom. The number of hydrogen-bond acceptors (Lipinski definition) is 7. The van der Waals surface area contributed by atoms with E-state index in [1.165, 1.54) is 0 Å². The second kappa shape index (κ2) is 16.4. The van der Waals surface area contributed by atoms with Gasteiger partial charge in [-0.3, -0.25) is 14.4 Å². The average Bonchev–Trinajstić information content (AvgIpc) is 2.83. The molecule has 220 valence electrons. The number of aryl methyl sites for hydroxylation is 2. The van der Waals surface area contributed by atoms with Crippen molar-refractivity contribution in [3.8, 4) is 0 Å². The van der Waals surface area contributed by atoms with Gasteiger partial charge in [0.2, 0.25) is 11.8 Å². The maximum absolute atomic E-state index is 14.2. The first kappa shape index (κ1) is 34.3. The van der Waals surface area contributed by atoms with Crippen LogP contribution < -0.4 is 10.6 Å². The Morgan fingerprint density at radius 2 is 1.77 bits per heavy atom. The molecular weight excluding hydrogens is 518 g/mol. The second-order valence-corrected chi connectivity index (χ2v) is 11.6. The molecule has 1 aromatic carbocycles. The van der Waals surface area contributed by atoms with Crippen LogP contribution in [-0.2, 0) is 23.9 Å². The third-order valence-corrected chi connectivity index (χ3v) is 6.74. The Balaban J connectivity index is 3.50. The average molecular weight is 566 g/mol. The van der Waals surface area contributed by atoms with Crippen LogP contribution in [0.4, 0.5) is 4.79 Å². The number of alkyl carbamates (subject to hydrolysis) is 1. The van der Waals surface area contributed by atoms with E-state index in [1.54, 1.807) is 44.4 Å². The highest BCUT2D eigenvalue weighted by Gasteiger charge is 2.39. The van der Waals surface area contributed by atoms with Crippen LogP contribution in [0.2, 0.25) is 0 Å². The van der Waals surface area contributed by atoms with Crippen LogP contribution in [0.3, 0.4) is 0 Å². The number of nitrogens with zero attached hydrogens (tertiary/aromatic N) is 1. The highest BCUT2D eigenvalue weighted by atomic mass is 32.2. The fourth-order valence-electron chi connectivity index (χ4n) is 4.09. The maximum atomic E-state index is 14.2. The van der Waals surface area contributed by atoms with Gasteiger partial charge in [-0.15, -0.1) is 0 Å². The number of esters is 1. The fourth-order valence-corrected chi connectivity index (χ4v) is 4.56. The summed E-state index contributed by atoms with van der Waals surface area (Å²) in [5, 5.41) is 5.58. The van der Waals surface area contributed by atoms with E-state index in [1.807, 2.05) is 52.1 Å². The molecule has 1 aromatic rings. The lowest BCUT2D eigenvalue weighted by Gasteiger charge is -2.38. The number of carbonyl (C=O) groups excluding carboxylic acids is 4. The summed E-state index contributed by atoms with van der Waals surface area (Å²) in [4.78, 5) is 54.1. The Kier molecular flexibility index (Phi) is 14.4. The molecule has 0 heterocycles. The molecule has 39 heavy (non-hydrogen) atoms. The van der Waals surface area contributed by atoms with Gasteiger partial charge in [0.25, 0.3) is 0 Å². The van der Waals surface area contributed by atoms with Gasteiger partial charge in [0.1, 0.15) is 17.7 Å². The minimum Gasteiger partial charge on any atom is -0.466 e. The smallest absolute Gasteiger partial charge is 0.408 e. The summed E-state index contributed by atoms with van der Waals surface area (Å²) in [6.07, 6.45) is 2.22. The van der Waals surface area contributed by atoms with Gasteiger partial charge >= 0.3 is 12.1 Å². The van der Waals surface area contributed by atoms with Crippen LogP contribution >= 0.6 is 11.8 Å². The molecule has 2 N–H and O–H groups in total. The van der Waals surface area contributed by atoms with E-state index in [2.05, 4.69) is 10.6 Å². The minimum absolute atomic E-state index is 0.0208. The van der Waals surface area contributed by atoms with Crippen molar-refractivity contribution in [2.45, 2.75) is 98.4 Å². The van der Waals surface area contributed by atoms with Crippen LogP contribution in [0, 0.1) is 13.8 Å². The van der Waals surface area contributed by atoms with Gasteiger partial charge < -0.3 is 25.0 Å². The number of benzene rings is 1. The van der Waals surface area contributed by atoms with Crippen molar-refractivity contribution >= 4 is 35.6 Å². The van der Waals surface area contributed by atoms with E-state index < -0.39 is 35.7 Å². The molecule has 3 atom stereocenters. The SMILES string of the molecule is CCOC(=O)CCNC(=O)C(c1ccc(C)cc1C)N(C(=O)C(CCSC)NC(=O)OC(C)(C)C)C(C)CC. The Bertz CT molecular complexity index is 978. The molecule has 0 spiro atoms. The molecule has 9 nitrogen and oxygen atoms in total. The lowest BCUT2D eigenvalue weighted by molar-refractivity contribution is -0.146. The third-order valence-electron chi connectivity index (χ3n) is 6.10. The number of nitrogens with one attached hydrogen (secondary N) is 2. The summed E-state index contributed by atoms with van der Waals surface area (Å²) in [7, 11) is 0. The topological polar surface area (TPSA) is 114 Å². The zero-order chi connectivity index (χ0) is 29.8. The van der Waals surface area contributed by atoms with Crippen molar-refractivity contribution in [1.82, 2.24) is 15.5 Å². The van der Waals surface area contributed by atoms with Crippen LogP contribution in [-0.4, -0.2) is 71.6 Å². The number of ether oxygens (including phenoxy) is 2. The number of thioether (sulfide) groups is 1. The minimum atomic E-state index is -0.965. The zero-order valence-corrected chi connectivity index (χ0v) is 25.8. The number of carbonyl (C=O) groups is 4. The third kappa shape index (κ3) is 11.5. The van der Waals surface area contributed by atoms with E-state index in [9.17, 15) is 19.2 Å². The van der Waals surface area contributed by atoms with Crippen LogP contribution in [0.15, 0.2) is 18.2 Å². The monoisotopic (exact) mass is 565 g/mol. The van der Waals surface area contributed by atoms with Gasteiger partial charge in [0, 0.05) is 12.6 Å². The van der Waals surface area contributed by atoms with Crippen molar-refractivity contribution in [2.75, 3.05) is 25.2 Å². The Hall–Kier alpha value is -2.75. The highest BCUT2D eigenvalue weighted by molar-refractivity contribution is 7.98. The molecule has 0 bridgehead atoms. The molecule has 1 rings (SSSR count). The Morgan fingerprint density at radius 1 is 1.10 bits per heavy atom. The van der Waals surface area contributed by atoms with Gasteiger partial charge in [0.05, 0.1) is 13.0 Å². The summed E-state index contributed by atoms with van der Waals surface area (Å²) < 4.78 is 10.4. The molecule has 0 saturated heterocycles. The summed E-state index contributed by atoms with van der Waals surface area (Å²) in [5.41, 5.74) is 1.85. The number of rotatable bonds is 14. The van der Waals surface area contributed by atoms with E-state index in [4.69, 9.17) is 9.47 Å². The molecule has 0 aromatic heterocycles. The van der Waals surface area contributed by atoms with Gasteiger partial charge in [-0.1, -0.05) is 30.7 Å². The van der Waals surface area contributed by atoms with Crippen molar-refractivity contribution in [3.05, 3.63) is 34.9 Å². The first-order valence-electron chi connectivity index (χ1n) is 13.6. The molecule has 0 radical (unpaired) electrons. The Labute approximate surface area is 238 Å². The fraction of sp³-hybridized carbons (Fsp3) is 0.655. The molecule has 3 amide bonds. The lowest BCUT2D eigenvalue weighted by atomic mass is 9.94. The van der Waals surface area contributed by atoms with Crippen LogP contribution in [0.25, 0.3) is 0 Å². The molecular formula is C29H47N3O6S. The molecule has 0 fully saturated rings. The van der Waals surface area contributed by atoms with E-state index >= 15 is 0 Å². The lowest BCUT2D eigenvalue weighted by Crippen LogP contribution is -2.55. The summed E-state index contributed by atoms with van der Waals surface area (Å²) in [6, 6.07) is 3.56. The van der Waals surface area contributed by atoms with Gasteiger partial charge in [0.15, 0.2) is 0 Å². The first-order chi connectivity index (χ1) is 18.2. The summed E-state index contributed by atoms with van der Waals surface area (Å²) >= 11 is 1.56. The van der Waals surface area contributed by atoms with Crippen molar-refractivity contribution in [3.63, 3.8) is 0 Å². The predicted octanol–water partition coefficient (Wildman–Crippen LogP) is 4.69. The normalized spacial score (nSPS) is 13.6. The quantitative estimate of drug-likeness (QED) is 0.315. The standard InChI is InChI=1S/C29H47N3O6S/c1-10-21(5)32(27(35)23(15-17-39-9)31-28(36)38-29(6,7)8)25(22-13-12-19(3)18-20(22)4)26(34)30-16-14-24(33)37-11-2/h12-13,18,21,23,25H,10-11,14-17H2,1-9H3,(H,30,34)(H,31,36). The first-order valence-corrected chi connectivity index (χ1v) is 15.0. The second-order valence-electron chi connectivity index (χ2n) is 10.6. The van der Waals surface area contributed by atoms with Crippen LogP contribution in [0.1, 0.15) is 83.5 Å². The molecule has 0 aliphatic heterocycles. The summed E-state index contributed by atoms with van der Waals surface area (Å²) in [5.74, 6) is -0.550. The number of hydrogen-bond donors (Lipinski definition) is 2. The molecule has 0 aliphatic carbocycles. The van der Waals surface area contributed by atoms with E-state index in [0.717, 1.165) is 11.1 Å². The zero-order valence-electron chi connectivity index (χ0n) is 25.0. The van der Waals surface area contributed by atoms with Gasteiger partial charge in [-0.2, -0.15) is 11.8 Å². The largest absolute Gasteiger partial charge is 0.466 e. The van der Waals surface area contributed by atoms with Crippen molar-refractivity contribution in [2.24, 2.45) is 0 Å². The maximum Gasteiger partial charge on any atom is 0.408 e. The molecule has 3 unspecified atom stereocenters. The summed E-state index contributed by atoms with van der Waals surface area (Å²) in [6.45, 7) is 15.0. The number of amides is 3. The predicted molar refractivity (Wildman–Crippen MR) is 156 cm³/mol. The molecule has 10 heteroatoms. The van der Waals surface area contributed by atoms with Crippen molar-refractivity contribution < 1.29 is 28.7 Å². The highest BCUT2D eigenvalue weighted by Crippen LogP contribution is 2.29. The van der Waals surface area contributed by atoms with E-state index in [-0.39, 0.29) is 31.5 Å². The van der Waals surface area contributed by atoms with Gasteiger partial charge in [-0.25, -0.2) is 4.79 Å². The molecule has 0 saturated carbocycles. The van der Waals surface area contributed by atoms with E-state index in [0.29, 0.717) is 24.2 Å². The van der Waals surface area contributed by atoms with Crippen LogP contribution in [0.5, 0.6) is 0 Å². The van der Waals surface area contributed by atoms with Gasteiger partial charge in [-0.05, 0) is 84.4 Å². The van der Waals surface area contributed by atoms with Crippen molar-refractivity contribution in [1.29, 1.82) is 0 Å².